The minimum Gasteiger partial charge on any atom is -0.469 e. The summed E-state index contributed by atoms with van der Waals surface area (Å²) in [6, 6.07) is 0. The van der Waals surface area contributed by atoms with Crippen molar-refractivity contribution in [3.63, 3.8) is 0 Å². The zero-order chi connectivity index (χ0) is 12.6. The number of carbonyl (C=O) groups is 2. The molecule has 0 rings (SSSR count). The number of rotatable bonds is 7. The molecular weight excluding hydrogens is 248 g/mol. The van der Waals surface area contributed by atoms with Gasteiger partial charge in [-0.25, -0.2) is 0 Å². The van der Waals surface area contributed by atoms with Gasteiger partial charge in [0.2, 0.25) is 0 Å². The molecule has 0 radical (unpaired) electrons. The molecule has 0 aromatic carbocycles. The summed E-state index contributed by atoms with van der Waals surface area (Å²) in [4.78, 5) is 21.9. The minimum absolute atomic E-state index is 0.178. The highest BCUT2D eigenvalue weighted by Gasteiger charge is 2.14. The first kappa shape index (κ1) is 15.6. The second kappa shape index (κ2) is 8.75. The van der Waals surface area contributed by atoms with Crippen LogP contribution >= 0.6 is 21.6 Å². The number of esters is 2. The van der Waals surface area contributed by atoms with Crippen molar-refractivity contribution < 1.29 is 19.1 Å². The van der Waals surface area contributed by atoms with Crippen LogP contribution in [-0.4, -0.2) is 36.7 Å². The van der Waals surface area contributed by atoms with Crippen LogP contribution < -0.4 is 0 Å². The van der Waals surface area contributed by atoms with E-state index in [0.29, 0.717) is 12.8 Å². The summed E-state index contributed by atoms with van der Waals surface area (Å²) in [6.45, 7) is 3.92. The molecule has 0 saturated carbocycles. The molecule has 0 bridgehead atoms. The van der Waals surface area contributed by atoms with Gasteiger partial charge < -0.3 is 9.47 Å². The molecule has 2 atom stereocenters. The van der Waals surface area contributed by atoms with Crippen LogP contribution in [0.25, 0.3) is 0 Å². The van der Waals surface area contributed by atoms with Gasteiger partial charge in [0.25, 0.3) is 0 Å². The van der Waals surface area contributed by atoms with Gasteiger partial charge >= 0.3 is 11.9 Å². The lowest BCUT2D eigenvalue weighted by Gasteiger charge is -2.12. The van der Waals surface area contributed by atoms with E-state index in [-0.39, 0.29) is 22.4 Å². The zero-order valence-corrected chi connectivity index (χ0v) is 11.7. The second-order valence-corrected chi connectivity index (χ2v) is 6.52. The van der Waals surface area contributed by atoms with E-state index < -0.39 is 0 Å². The van der Waals surface area contributed by atoms with E-state index >= 15 is 0 Å². The molecule has 0 aromatic rings. The number of hydrogen-bond acceptors (Lipinski definition) is 6. The van der Waals surface area contributed by atoms with Gasteiger partial charge in [0.05, 0.1) is 27.1 Å². The largest absolute Gasteiger partial charge is 0.469 e. The summed E-state index contributed by atoms with van der Waals surface area (Å²) in [5, 5.41) is 0.357. The van der Waals surface area contributed by atoms with Gasteiger partial charge in [0.1, 0.15) is 0 Å². The molecule has 0 aromatic heterocycles. The van der Waals surface area contributed by atoms with E-state index in [1.54, 1.807) is 21.6 Å². The Hall–Kier alpha value is -0.360. The Bertz CT molecular complexity index is 209. The molecule has 0 amide bonds. The quantitative estimate of drug-likeness (QED) is 0.520. The molecule has 0 aliphatic rings. The van der Waals surface area contributed by atoms with Gasteiger partial charge in [-0.2, -0.15) is 0 Å². The predicted octanol–water partition coefficient (Wildman–Crippen LogP) is 2.27. The van der Waals surface area contributed by atoms with Gasteiger partial charge in [-0.3, -0.25) is 9.59 Å². The molecule has 0 fully saturated rings. The summed E-state index contributed by atoms with van der Waals surface area (Å²) >= 11 is 0. The van der Waals surface area contributed by atoms with Crippen molar-refractivity contribution in [3.8, 4) is 0 Å². The van der Waals surface area contributed by atoms with Gasteiger partial charge in [0, 0.05) is 10.5 Å². The van der Waals surface area contributed by atoms with Crippen molar-refractivity contribution in [2.75, 3.05) is 14.2 Å². The number of hydrogen-bond donors (Lipinski definition) is 0. The Morgan fingerprint density at radius 3 is 1.50 bits per heavy atom. The average molecular weight is 266 g/mol. The van der Waals surface area contributed by atoms with Crippen molar-refractivity contribution in [2.45, 2.75) is 37.2 Å². The van der Waals surface area contributed by atoms with Gasteiger partial charge in [-0.1, -0.05) is 35.4 Å². The van der Waals surface area contributed by atoms with Crippen LogP contribution in [0.4, 0.5) is 0 Å². The molecule has 94 valence electrons. The van der Waals surface area contributed by atoms with Gasteiger partial charge in [-0.15, -0.1) is 0 Å². The van der Waals surface area contributed by atoms with Crippen molar-refractivity contribution >= 4 is 33.5 Å². The Labute approximate surface area is 104 Å². The van der Waals surface area contributed by atoms with Crippen LogP contribution in [0.1, 0.15) is 26.7 Å². The van der Waals surface area contributed by atoms with Crippen LogP contribution in [0.3, 0.4) is 0 Å². The molecule has 6 heteroatoms. The topological polar surface area (TPSA) is 52.6 Å². The SMILES string of the molecule is COC(=O)CC(C)SSC(C)CC(=O)OC. The third kappa shape index (κ3) is 7.87. The smallest absolute Gasteiger partial charge is 0.306 e. The van der Waals surface area contributed by atoms with Crippen LogP contribution in [0.15, 0.2) is 0 Å². The first-order chi connectivity index (χ1) is 7.49. The fraction of sp³-hybridized carbons (Fsp3) is 0.800. The number of ether oxygens (including phenoxy) is 2. The Morgan fingerprint density at radius 1 is 0.938 bits per heavy atom. The zero-order valence-electron chi connectivity index (χ0n) is 10.0. The normalized spacial score (nSPS) is 14.0. The number of carbonyl (C=O) groups excluding carboxylic acids is 2. The fourth-order valence-electron chi connectivity index (χ4n) is 0.894. The molecule has 4 nitrogen and oxygen atoms in total. The molecule has 0 spiro atoms. The molecule has 0 aliphatic carbocycles. The Kier molecular flexibility index (Phi) is 8.56. The van der Waals surface area contributed by atoms with Crippen LogP contribution in [-0.2, 0) is 19.1 Å². The minimum atomic E-state index is -0.207. The lowest BCUT2D eigenvalue weighted by molar-refractivity contribution is -0.141. The predicted molar refractivity (Wildman–Crippen MR) is 67.4 cm³/mol. The summed E-state index contributed by atoms with van der Waals surface area (Å²) in [7, 11) is 5.94. The first-order valence-corrected chi connectivity index (χ1v) is 7.23. The Morgan fingerprint density at radius 2 is 1.25 bits per heavy atom. The monoisotopic (exact) mass is 266 g/mol. The Balaban J connectivity index is 3.70. The van der Waals surface area contributed by atoms with Gasteiger partial charge in [-0.05, 0) is 0 Å². The molecule has 2 unspecified atom stereocenters. The lowest BCUT2D eigenvalue weighted by Crippen LogP contribution is -2.10. The fourth-order valence-corrected chi connectivity index (χ4v) is 3.23. The van der Waals surface area contributed by atoms with Crippen LogP contribution in [0.5, 0.6) is 0 Å². The number of methoxy groups -OCH3 is 2. The van der Waals surface area contributed by atoms with E-state index in [1.165, 1.54) is 14.2 Å². The van der Waals surface area contributed by atoms with Crippen molar-refractivity contribution in [1.82, 2.24) is 0 Å². The third-order valence-electron chi connectivity index (χ3n) is 1.75. The molecular formula is C10H18O4S2. The summed E-state index contributed by atoms with van der Waals surface area (Å²) in [5.41, 5.74) is 0. The van der Waals surface area contributed by atoms with E-state index in [1.807, 2.05) is 13.8 Å². The highest BCUT2D eigenvalue weighted by Crippen LogP contribution is 2.33. The maximum absolute atomic E-state index is 11.0. The highest BCUT2D eigenvalue weighted by atomic mass is 33.1. The average Bonchev–Trinajstić information content (AvgIpc) is 2.26. The maximum Gasteiger partial charge on any atom is 0.306 e. The van der Waals surface area contributed by atoms with E-state index in [2.05, 4.69) is 9.47 Å². The van der Waals surface area contributed by atoms with Crippen LogP contribution in [0.2, 0.25) is 0 Å². The summed E-state index contributed by atoms with van der Waals surface area (Å²) in [5.74, 6) is -0.414. The maximum atomic E-state index is 11.0. The lowest BCUT2D eigenvalue weighted by atomic mass is 10.3. The van der Waals surface area contributed by atoms with E-state index in [0.717, 1.165) is 0 Å². The summed E-state index contributed by atoms with van der Waals surface area (Å²) < 4.78 is 9.15. The molecule has 0 heterocycles. The van der Waals surface area contributed by atoms with Crippen LogP contribution in [0, 0.1) is 0 Å². The van der Waals surface area contributed by atoms with Crippen molar-refractivity contribution in [2.24, 2.45) is 0 Å². The highest BCUT2D eigenvalue weighted by molar-refractivity contribution is 8.77. The standard InChI is InChI=1S/C10H18O4S2/c1-7(5-9(11)13-3)15-16-8(2)6-10(12)14-4/h7-8H,5-6H2,1-4H3. The second-order valence-electron chi connectivity index (χ2n) is 3.37. The third-order valence-corrected chi connectivity index (χ3v) is 5.15. The van der Waals surface area contributed by atoms with Crippen molar-refractivity contribution in [3.05, 3.63) is 0 Å². The van der Waals surface area contributed by atoms with Gasteiger partial charge in [0.15, 0.2) is 0 Å². The molecule has 0 N–H and O–H groups in total. The molecule has 0 saturated heterocycles. The van der Waals surface area contributed by atoms with Crippen molar-refractivity contribution in [1.29, 1.82) is 0 Å². The molecule has 0 aliphatic heterocycles. The van der Waals surface area contributed by atoms with E-state index in [9.17, 15) is 9.59 Å². The van der Waals surface area contributed by atoms with E-state index in [4.69, 9.17) is 0 Å². The first-order valence-electron chi connectivity index (χ1n) is 4.95. The summed E-state index contributed by atoms with van der Waals surface area (Å²) in [6.07, 6.45) is 0.776. The molecule has 16 heavy (non-hydrogen) atoms.